The number of ether oxygens (including phenoxy) is 3. The molecule has 0 unspecified atom stereocenters. The zero-order valence-electron chi connectivity index (χ0n) is 18.2. The van der Waals surface area contributed by atoms with E-state index < -0.39 is 11.2 Å². The van der Waals surface area contributed by atoms with E-state index in [1.165, 1.54) is 0 Å². The van der Waals surface area contributed by atoms with E-state index in [9.17, 15) is 4.79 Å². The van der Waals surface area contributed by atoms with Crippen molar-refractivity contribution in [2.75, 3.05) is 26.4 Å². The summed E-state index contributed by atoms with van der Waals surface area (Å²) in [5.74, 6) is -0.607. The van der Waals surface area contributed by atoms with Gasteiger partial charge in [-0.05, 0) is 46.1 Å². The fourth-order valence-electron chi connectivity index (χ4n) is 4.71. The molecule has 1 heterocycles. The maximum absolute atomic E-state index is 13.3. The molecule has 1 saturated heterocycles. The van der Waals surface area contributed by atoms with Crippen LogP contribution in [-0.4, -0.2) is 55.1 Å². The molecule has 0 N–H and O–H groups in total. The molecule has 1 aromatic carbocycles. The van der Waals surface area contributed by atoms with Crippen LogP contribution in [0.1, 0.15) is 58.9 Å². The number of nitrogens with zero attached hydrogens (tertiary/aromatic N) is 1. The molecular formula is C23H36ClNO4. The Morgan fingerprint density at radius 3 is 2.07 bits per heavy atom. The Balaban J connectivity index is 0.00000300. The summed E-state index contributed by atoms with van der Waals surface area (Å²) in [6.07, 6.45) is 2.82. The van der Waals surface area contributed by atoms with Crippen molar-refractivity contribution in [2.45, 2.75) is 76.7 Å². The van der Waals surface area contributed by atoms with Gasteiger partial charge in [0.1, 0.15) is 6.61 Å². The Morgan fingerprint density at radius 2 is 1.55 bits per heavy atom. The Morgan fingerprint density at radius 1 is 1.00 bits per heavy atom. The molecule has 0 radical (unpaired) electrons. The van der Waals surface area contributed by atoms with E-state index in [2.05, 4.69) is 32.6 Å². The predicted molar refractivity (Wildman–Crippen MR) is 116 cm³/mol. The molecule has 1 aliphatic heterocycles. The highest BCUT2D eigenvalue weighted by molar-refractivity contribution is 5.85. The molecule has 1 spiro atoms. The third-order valence-corrected chi connectivity index (χ3v) is 6.31. The zero-order chi connectivity index (χ0) is 20.2. The summed E-state index contributed by atoms with van der Waals surface area (Å²) in [6.45, 7) is 11.2. The van der Waals surface area contributed by atoms with Crippen LogP contribution < -0.4 is 0 Å². The number of carbonyl (C=O) groups is 1. The zero-order valence-corrected chi connectivity index (χ0v) is 19.0. The molecule has 2 aliphatic rings. The van der Waals surface area contributed by atoms with Gasteiger partial charge in [-0.2, -0.15) is 0 Å². The van der Waals surface area contributed by atoms with E-state index in [1.54, 1.807) is 0 Å². The molecule has 0 bridgehead atoms. The second-order valence-corrected chi connectivity index (χ2v) is 8.62. The highest BCUT2D eigenvalue weighted by Crippen LogP contribution is 2.47. The monoisotopic (exact) mass is 425 g/mol. The maximum atomic E-state index is 13.3. The van der Waals surface area contributed by atoms with Gasteiger partial charge >= 0.3 is 5.97 Å². The number of benzene rings is 1. The van der Waals surface area contributed by atoms with Crippen LogP contribution in [0.2, 0.25) is 0 Å². The van der Waals surface area contributed by atoms with E-state index in [1.807, 2.05) is 30.3 Å². The standard InChI is InChI=1S/C23H35NO4.ClH/c1-18(2)24(19(3)4)14-15-26-21(25)22(20-8-6-5-7-9-20)10-12-23(13-11-22)27-16-17-28-23;/h5-9,18-19H,10-17H2,1-4H3;1H. The van der Waals surface area contributed by atoms with Gasteiger partial charge in [0.2, 0.25) is 0 Å². The first-order valence-corrected chi connectivity index (χ1v) is 10.6. The largest absolute Gasteiger partial charge is 0.464 e. The van der Waals surface area contributed by atoms with Crippen LogP contribution in [0.15, 0.2) is 30.3 Å². The fraction of sp³-hybridized carbons (Fsp3) is 0.696. The molecule has 1 aliphatic carbocycles. The third-order valence-electron chi connectivity index (χ3n) is 6.31. The number of hydrogen-bond donors (Lipinski definition) is 0. The number of carbonyl (C=O) groups excluding carboxylic acids is 1. The molecule has 0 atom stereocenters. The molecule has 0 amide bonds. The van der Waals surface area contributed by atoms with Gasteiger partial charge in [-0.1, -0.05) is 30.3 Å². The fourth-order valence-corrected chi connectivity index (χ4v) is 4.71. The van der Waals surface area contributed by atoms with Crippen LogP contribution >= 0.6 is 12.4 Å². The highest BCUT2D eigenvalue weighted by atomic mass is 35.5. The molecule has 3 rings (SSSR count). The van der Waals surface area contributed by atoms with Crippen molar-refractivity contribution in [3.63, 3.8) is 0 Å². The van der Waals surface area contributed by atoms with Crippen molar-refractivity contribution < 1.29 is 19.0 Å². The molecule has 1 saturated carbocycles. The Hall–Kier alpha value is -1.14. The summed E-state index contributed by atoms with van der Waals surface area (Å²) in [6, 6.07) is 10.9. The van der Waals surface area contributed by atoms with Gasteiger partial charge in [0, 0.05) is 31.5 Å². The summed E-state index contributed by atoms with van der Waals surface area (Å²) in [4.78, 5) is 15.7. The van der Waals surface area contributed by atoms with E-state index >= 15 is 0 Å². The van der Waals surface area contributed by atoms with Crippen LogP contribution in [0, 0.1) is 0 Å². The first kappa shape index (κ1) is 24.1. The summed E-state index contributed by atoms with van der Waals surface area (Å²) < 4.78 is 17.6. The molecular weight excluding hydrogens is 390 g/mol. The maximum Gasteiger partial charge on any atom is 0.316 e. The topological polar surface area (TPSA) is 48.0 Å². The Kier molecular flexibility index (Phi) is 8.53. The average Bonchev–Trinajstić information content (AvgIpc) is 3.14. The van der Waals surface area contributed by atoms with Crippen LogP contribution in [0.3, 0.4) is 0 Å². The molecule has 0 aromatic heterocycles. The van der Waals surface area contributed by atoms with Gasteiger partial charge < -0.3 is 14.2 Å². The first-order valence-electron chi connectivity index (χ1n) is 10.6. The van der Waals surface area contributed by atoms with Crippen molar-refractivity contribution in [1.82, 2.24) is 4.90 Å². The number of rotatable bonds is 7. The van der Waals surface area contributed by atoms with Crippen molar-refractivity contribution >= 4 is 18.4 Å². The van der Waals surface area contributed by atoms with Gasteiger partial charge in [-0.15, -0.1) is 12.4 Å². The normalized spacial score (nSPS) is 20.2. The minimum Gasteiger partial charge on any atom is -0.464 e. The van der Waals surface area contributed by atoms with Gasteiger partial charge in [0.25, 0.3) is 0 Å². The second kappa shape index (κ2) is 10.3. The number of esters is 1. The van der Waals surface area contributed by atoms with Gasteiger partial charge in [0.05, 0.1) is 18.6 Å². The quantitative estimate of drug-likeness (QED) is 0.608. The third kappa shape index (κ3) is 5.32. The summed E-state index contributed by atoms with van der Waals surface area (Å²) >= 11 is 0. The smallest absolute Gasteiger partial charge is 0.316 e. The lowest BCUT2D eigenvalue weighted by Crippen LogP contribution is -2.48. The Labute approximate surface area is 181 Å². The van der Waals surface area contributed by atoms with Crippen molar-refractivity contribution in [3.8, 4) is 0 Å². The predicted octanol–water partition coefficient (Wildman–Crippen LogP) is 4.33. The number of halogens is 1. The van der Waals surface area contributed by atoms with Gasteiger partial charge in [-0.25, -0.2) is 0 Å². The molecule has 164 valence electrons. The molecule has 5 nitrogen and oxygen atoms in total. The lowest BCUT2D eigenvalue weighted by molar-refractivity contribution is -0.191. The Bertz CT molecular complexity index is 626. The van der Waals surface area contributed by atoms with Crippen molar-refractivity contribution in [3.05, 3.63) is 35.9 Å². The van der Waals surface area contributed by atoms with Crippen LogP contribution in [-0.2, 0) is 24.4 Å². The van der Waals surface area contributed by atoms with Crippen molar-refractivity contribution in [2.24, 2.45) is 0 Å². The SMILES string of the molecule is CC(C)N(CCOC(=O)C1(c2ccccc2)CCC2(CC1)OCCO2)C(C)C.Cl. The molecule has 2 fully saturated rings. The average molecular weight is 426 g/mol. The van der Waals surface area contributed by atoms with E-state index in [4.69, 9.17) is 14.2 Å². The lowest BCUT2D eigenvalue weighted by atomic mass is 9.67. The molecule has 29 heavy (non-hydrogen) atoms. The molecule has 6 heteroatoms. The highest BCUT2D eigenvalue weighted by Gasteiger charge is 2.51. The van der Waals surface area contributed by atoms with E-state index in [0.717, 1.165) is 24.9 Å². The minimum absolute atomic E-state index is 0. The van der Waals surface area contributed by atoms with Gasteiger partial charge in [-0.3, -0.25) is 9.69 Å². The minimum atomic E-state index is -0.609. The van der Waals surface area contributed by atoms with Crippen LogP contribution in [0.4, 0.5) is 0 Å². The van der Waals surface area contributed by atoms with E-state index in [0.29, 0.717) is 44.7 Å². The summed E-state index contributed by atoms with van der Waals surface area (Å²) in [7, 11) is 0. The van der Waals surface area contributed by atoms with Crippen LogP contribution in [0.25, 0.3) is 0 Å². The summed E-state index contributed by atoms with van der Waals surface area (Å²) in [5.41, 5.74) is 0.430. The first-order chi connectivity index (χ1) is 13.4. The van der Waals surface area contributed by atoms with E-state index in [-0.39, 0.29) is 18.4 Å². The van der Waals surface area contributed by atoms with Crippen molar-refractivity contribution in [1.29, 1.82) is 0 Å². The van der Waals surface area contributed by atoms with Gasteiger partial charge in [0.15, 0.2) is 5.79 Å². The molecule has 1 aromatic rings. The summed E-state index contributed by atoms with van der Waals surface area (Å²) in [5, 5.41) is 0. The lowest BCUT2D eigenvalue weighted by Gasteiger charge is -2.42. The second-order valence-electron chi connectivity index (χ2n) is 8.62. The van der Waals surface area contributed by atoms with Crippen LogP contribution in [0.5, 0.6) is 0 Å². The number of hydrogen-bond acceptors (Lipinski definition) is 5.